The van der Waals surface area contributed by atoms with Gasteiger partial charge in [-0.1, -0.05) is 0 Å². The molecule has 0 fully saturated rings. The number of aromatic amines is 1. The van der Waals surface area contributed by atoms with Crippen LogP contribution in [0.1, 0.15) is 15.4 Å². The van der Waals surface area contributed by atoms with Crippen molar-refractivity contribution in [3.05, 3.63) is 53.2 Å². The smallest absolute Gasteiger partial charge is 0.267 e. The third-order valence-corrected chi connectivity index (χ3v) is 5.93. The molecule has 2 heterocycles. The molecule has 4 rings (SSSR count). The fourth-order valence-corrected chi connectivity index (χ4v) is 4.20. The highest BCUT2D eigenvalue weighted by Gasteiger charge is 2.20. The van der Waals surface area contributed by atoms with E-state index >= 15 is 0 Å². The molecule has 0 unspecified atom stereocenters. The minimum Gasteiger partial charge on any atom is -0.493 e. The summed E-state index contributed by atoms with van der Waals surface area (Å²) in [5.74, 6) is 1.38. The van der Waals surface area contributed by atoms with Gasteiger partial charge in [0, 0.05) is 28.4 Å². The number of rotatable bonds is 6. The van der Waals surface area contributed by atoms with Crippen LogP contribution >= 0.6 is 11.3 Å². The van der Waals surface area contributed by atoms with E-state index in [0.717, 1.165) is 22.2 Å². The van der Waals surface area contributed by atoms with Gasteiger partial charge in [0.15, 0.2) is 11.5 Å². The standard InChI is InChI=1S/C22H21N3O4S/c1-12-20(21(26)25-15-5-6-16-13(9-15)7-8-23-16)30-22(24-12)14-10-17(27-2)19(29-4)18(11-14)28-3/h5-11,23H,1-4H3,(H,25,26). The lowest BCUT2D eigenvalue weighted by atomic mass is 10.2. The zero-order valence-corrected chi connectivity index (χ0v) is 17.8. The Morgan fingerprint density at radius 1 is 1.03 bits per heavy atom. The Bertz CT molecular complexity index is 1200. The highest BCUT2D eigenvalue weighted by Crippen LogP contribution is 2.42. The fourth-order valence-electron chi connectivity index (χ4n) is 3.25. The summed E-state index contributed by atoms with van der Waals surface area (Å²) in [5, 5.41) is 4.68. The first kappa shape index (κ1) is 19.8. The lowest BCUT2D eigenvalue weighted by Crippen LogP contribution is -2.11. The molecular formula is C22H21N3O4S. The number of nitrogens with one attached hydrogen (secondary N) is 2. The van der Waals surface area contributed by atoms with E-state index in [4.69, 9.17) is 14.2 Å². The molecule has 0 aliphatic carbocycles. The predicted octanol–water partition coefficient (Wildman–Crippen LogP) is 4.88. The molecule has 0 spiro atoms. The summed E-state index contributed by atoms with van der Waals surface area (Å²) in [6.45, 7) is 1.82. The van der Waals surface area contributed by atoms with E-state index in [1.165, 1.54) is 11.3 Å². The van der Waals surface area contributed by atoms with Crippen LogP contribution in [0.25, 0.3) is 21.5 Å². The van der Waals surface area contributed by atoms with Crippen molar-refractivity contribution in [1.29, 1.82) is 0 Å². The first-order chi connectivity index (χ1) is 14.5. The molecule has 2 N–H and O–H groups in total. The second-order valence-corrected chi connectivity index (χ2v) is 7.58. The molecule has 0 bridgehead atoms. The number of hydrogen-bond acceptors (Lipinski definition) is 6. The molecule has 0 saturated heterocycles. The largest absolute Gasteiger partial charge is 0.493 e. The van der Waals surface area contributed by atoms with Gasteiger partial charge < -0.3 is 24.5 Å². The van der Waals surface area contributed by atoms with E-state index in [1.54, 1.807) is 21.3 Å². The summed E-state index contributed by atoms with van der Waals surface area (Å²) in [4.78, 5) is 21.2. The van der Waals surface area contributed by atoms with Crippen molar-refractivity contribution < 1.29 is 19.0 Å². The molecule has 8 heteroatoms. The molecule has 0 saturated carbocycles. The Kier molecular flexibility index (Phi) is 5.33. The van der Waals surface area contributed by atoms with E-state index in [0.29, 0.717) is 32.8 Å². The Hall–Kier alpha value is -3.52. The first-order valence-corrected chi connectivity index (χ1v) is 10.0. The summed E-state index contributed by atoms with van der Waals surface area (Å²) in [5.41, 5.74) is 3.19. The molecule has 154 valence electrons. The number of fused-ring (bicyclic) bond motifs is 1. The number of methoxy groups -OCH3 is 3. The summed E-state index contributed by atoms with van der Waals surface area (Å²) in [7, 11) is 4.68. The minimum absolute atomic E-state index is 0.196. The molecule has 4 aromatic rings. The molecule has 0 aliphatic rings. The van der Waals surface area contributed by atoms with Gasteiger partial charge in [0.25, 0.3) is 5.91 Å². The maximum Gasteiger partial charge on any atom is 0.267 e. The fraction of sp³-hybridized carbons (Fsp3) is 0.182. The number of amides is 1. The van der Waals surface area contributed by atoms with Gasteiger partial charge in [-0.3, -0.25) is 4.79 Å². The van der Waals surface area contributed by atoms with Crippen molar-refractivity contribution >= 4 is 33.8 Å². The Morgan fingerprint density at radius 3 is 2.43 bits per heavy atom. The van der Waals surface area contributed by atoms with Crippen molar-refractivity contribution in [2.75, 3.05) is 26.6 Å². The van der Waals surface area contributed by atoms with Crippen LogP contribution < -0.4 is 19.5 Å². The van der Waals surface area contributed by atoms with Gasteiger partial charge in [-0.25, -0.2) is 4.98 Å². The van der Waals surface area contributed by atoms with Gasteiger partial charge in [-0.05, 0) is 43.3 Å². The van der Waals surface area contributed by atoms with Crippen LogP contribution in [-0.4, -0.2) is 37.2 Å². The Balaban J connectivity index is 1.65. The number of nitrogens with zero attached hydrogens (tertiary/aromatic N) is 1. The molecule has 30 heavy (non-hydrogen) atoms. The number of aryl methyl sites for hydroxylation is 1. The van der Waals surface area contributed by atoms with Crippen molar-refractivity contribution in [3.63, 3.8) is 0 Å². The second-order valence-electron chi connectivity index (χ2n) is 6.58. The van der Waals surface area contributed by atoms with Gasteiger partial charge in [-0.15, -0.1) is 11.3 Å². The highest BCUT2D eigenvalue weighted by atomic mass is 32.1. The van der Waals surface area contributed by atoms with E-state index in [-0.39, 0.29) is 5.91 Å². The summed E-state index contributed by atoms with van der Waals surface area (Å²) < 4.78 is 16.2. The molecule has 2 aromatic heterocycles. The number of thiazole rings is 1. The quantitative estimate of drug-likeness (QED) is 0.462. The SMILES string of the molecule is COc1cc(-c2nc(C)c(C(=O)Nc3ccc4[nH]ccc4c3)s2)cc(OC)c1OC. The predicted molar refractivity (Wildman–Crippen MR) is 118 cm³/mol. The van der Waals surface area contributed by atoms with Gasteiger partial charge in [0.2, 0.25) is 5.75 Å². The number of hydrogen-bond donors (Lipinski definition) is 2. The monoisotopic (exact) mass is 423 g/mol. The number of benzene rings is 2. The van der Waals surface area contributed by atoms with Crippen LogP contribution in [-0.2, 0) is 0 Å². The highest BCUT2D eigenvalue weighted by molar-refractivity contribution is 7.17. The minimum atomic E-state index is -0.196. The zero-order valence-electron chi connectivity index (χ0n) is 17.0. The number of anilines is 1. The maximum atomic E-state index is 12.9. The molecule has 7 nitrogen and oxygen atoms in total. The van der Waals surface area contributed by atoms with Gasteiger partial charge in [-0.2, -0.15) is 0 Å². The number of H-pyrrole nitrogens is 1. The average molecular weight is 423 g/mol. The van der Waals surface area contributed by atoms with Crippen LogP contribution in [0.3, 0.4) is 0 Å². The van der Waals surface area contributed by atoms with Gasteiger partial charge in [0.1, 0.15) is 9.88 Å². The number of carbonyl (C=O) groups is 1. The summed E-state index contributed by atoms with van der Waals surface area (Å²) >= 11 is 1.32. The van der Waals surface area contributed by atoms with E-state index in [2.05, 4.69) is 15.3 Å². The lowest BCUT2D eigenvalue weighted by molar-refractivity contribution is 0.103. The molecule has 0 aliphatic heterocycles. The molecule has 2 aromatic carbocycles. The van der Waals surface area contributed by atoms with Crippen molar-refractivity contribution in [2.45, 2.75) is 6.92 Å². The van der Waals surface area contributed by atoms with Crippen LogP contribution in [0.2, 0.25) is 0 Å². The Labute approximate surface area is 177 Å². The third-order valence-electron chi connectivity index (χ3n) is 4.73. The normalized spacial score (nSPS) is 10.8. The van der Waals surface area contributed by atoms with Crippen LogP contribution in [0, 0.1) is 6.92 Å². The second kappa shape index (κ2) is 8.08. The topological polar surface area (TPSA) is 85.5 Å². The summed E-state index contributed by atoms with van der Waals surface area (Å²) in [6, 6.07) is 11.3. The third kappa shape index (κ3) is 3.57. The maximum absolute atomic E-state index is 12.9. The van der Waals surface area contributed by atoms with Crippen molar-refractivity contribution in [2.24, 2.45) is 0 Å². The van der Waals surface area contributed by atoms with Gasteiger partial charge >= 0.3 is 0 Å². The van der Waals surface area contributed by atoms with Crippen molar-refractivity contribution in [3.8, 4) is 27.8 Å². The number of carbonyl (C=O) groups excluding carboxylic acids is 1. The van der Waals surface area contributed by atoms with E-state index in [9.17, 15) is 4.79 Å². The van der Waals surface area contributed by atoms with E-state index < -0.39 is 0 Å². The average Bonchev–Trinajstić information content (AvgIpc) is 3.38. The summed E-state index contributed by atoms with van der Waals surface area (Å²) in [6.07, 6.45) is 1.87. The lowest BCUT2D eigenvalue weighted by Gasteiger charge is -2.13. The molecule has 0 atom stereocenters. The number of aromatic nitrogens is 2. The Morgan fingerprint density at radius 2 is 1.77 bits per heavy atom. The molecule has 0 radical (unpaired) electrons. The molecular weight excluding hydrogens is 402 g/mol. The van der Waals surface area contributed by atoms with Crippen LogP contribution in [0.5, 0.6) is 17.2 Å². The van der Waals surface area contributed by atoms with Crippen LogP contribution in [0.15, 0.2) is 42.6 Å². The molecule has 1 amide bonds. The van der Waals surface area contributed by atoms with Crippen LogP contribution in [0.4, 0.5) is 5.69 Å². The van der Waals surface area contributed by atoms with E-state index in [1.807, 2.05) is 49.5 Å². The van der Waals surface area contributed by atoms with Crippen molar-refractivity contribution in [1.82, 2.24) is 9.97 Å². The van der Waals surface area contributed by atoms with Gasteiger partial charge in [0.05, 0.1) is 27.0 Å². The zero-order chi connectivity index (χ0) is 21.3. The first-order valence-electron chi connectivity index (χ1n) is 9.20. The number of ether oxygens (including phenoxy) is 3.